The molecule has 2 rings (SSSR count). The zero-order chi connectivity index (χ0) is 14.5. The van der Waals surface area contributed by atoms with Crippen molar-refractivity contribution >= 4 is 35.3 Å². The lowest BCUT2D eigenvalue weighted by Gasteiger charge is -2.00. The molecule has 0 saturated heterocycles. The van der Waals surface area contributed by atoms with Crippen molar-refractivity contribution in [1.82, 2.24) is 10.4 Å². The molecule has 1 amide bonds. The molecule has 0 fully saturated rings. The number of pyridine rings is 1. The number of benzene rings is 1. The van der Waals surface area contributed by atoms with E-state index in [0.29, 0.717) is 15.6 Å². The van der Waals surface area contributed by atoms with Gasteiger partial charge in [0.25, 0.3) is 5.91 Å². The molecule has 0 saturated carbocycles. The van der Waals surface area contributed by atoms with Gasteiger partial charge in [-0.15, -0.1) is 0 Å². The maximum Gasteiger partial charge on any atom is 0.272 e. The molecular weight excluding hydrogens is 297 g/mol. The monoisotopic (exact) mass is 307 g/mol. The first-order valence-electron chi connectivity index (χ1n) is 5.77. The van der Waals surface area contributed by atoms with Crippen LogP contribution in [0.4, 0.5) is 0 Å². The normalized spacial score (nSPS) is 10.8. The Kier molecular flexibility index (Phi) is 4.71. The summed E-state index contributed by atoms with van der Waals surface area (Å²) in [5.74, 6) is -0.325. The number of nitrogens with one attached hydrogen (secondary N) is 1. The Morgan fingerprint density at radius 1 is 1.25 bits per heavy atom. The number of nitrogens with zero attached hydrogens (tertiary/aromatic N) is 2. The fourth-order valence-corrected chi connectivity index (χ4v) is 1.73. The van der Waals surface area contributed by atoms with Crippen molar-refractivity contribution in [3.8, 4) is 0 Å². The molecule has 1 heterocycles. The van der Waals surface area contributed by atoms with Crippen LogP contribution in [0.3, 0.4) is 0 Å². The SMILES string of the molecule is Cc1ccc(C(=O)NN=Cc2ccc(Cl)c(Cl)c2)cn1. The number of hydrogen-bond acceptors (Lipinski definition) is 3. The summed E-state index contributed by atoms with van der Waals surface area (Å²) in [5.41, 5.74) is 4.45. The highest BCUT2D eigenvalue weighted by molar-refractivity contribution is 6.42. The number of aromatic nitrogens is 1. The Labute approximate surface area is 126 Å². The number of hydrazone groups is 1. The van der Waals surface area contributed by atoms with E-state index in [1.54, 1.807) is 30.3 Å². The molecule has 0 atom stereocenters. The maximum absolute atomic E-state index is 11.8. The van der Waals surface area contributed by atoms with Gasteiger partial charge in [0.05, 0.1) is 21.8 Å². The lowest BCUT2D eigenvalue weighted by molar-refractivity contribution is 0.0955. The Hall–Kier alpha value is -1.91. The van der Waals surface area contributed by atoms with Crippen LogP contribution in [0.2, 0.25) is 10.0 Å². The van der Waals surface area contributed by atoms with Crippen LogP contribution in [0.25, 0.3) is 0 Å². The molecule has 0 bridgehead atoms. The van der Waals surface area contributed by atoms with E-state index in [1.165, 1.54) is 12.4 Å². The molecule has 1 N–H and O–H groups in total. The third-order valence-electron chi connectivity index (χ3n) is 2.50. The van der Waals surface area contributed by atoms with Crippen LogP contribution < -0.4 is 5.43 Å². The number of rotatable bonds is 3. The summed E-state index contributed by atoms with van der Waals surface area (Å²) in [6.07, 6.45) is 2.99. The minimum atomic E-state index is -0.325. The second-order valence-corrected chi connectivity index (χ2v) is 4.88. The fourth-order valence-electron chi connectivity index (χ4n) is 1.42. The highest BCUT2D eigenvalue weighted by Gasteiger charge is 2.03. The number of aryl methyl sites for hydroxylation is 1. The van der Waals surface area contributed by atoms with Gasteiger partial charge in [0.15, 0.2) is 0 Å². The Balaban J connectivity index is 2.00. The Bertz CT molecular complexity index is 654. The first-order chi connectivity index (χ1) is 9.56. The minimum absolute atomic E-state index is 0.325. The van der Waals surface area contributed by atoms with Gasteiger partial charge in [0.2, 0.25) is 0 Å². The first kappa shape index (κ1) is 14.5. The van der Waals surface area contributed by atoms with Crippen molar-refractivity contribution in [2.45, 2.75) is 6.92 Å². The summed E-state index contributed by atoms with van der Waals surface area (Å²) < 4.78 is 0. The molecule has 0 aliphatic heterocycles. The third kappa shape index (κ3) is 3.79. The van der Waals surface area contributed by atoms with Gasteiger partial charge >= 0.3 is 0 Å². The molecule has 2 aromatic rings. The van der Waals surface area contributed by atoms with Crippen molar-refractivity contribution in [2.75, 3.05) is 0 Å². The zero-order valence-corrected chi connectivity index (χ0v) is 12.1. The van der Waals surface area contributed by atoms with E-state index in [-0.39, 0.29) is 5.91 Å². The second kappa shape index (κ2) is 6.50. The molecular formula is C14H11Cl2N3O. The minimum Gasteiger partial charge on any atom is -0.267 e. The van der Waals surface area contributed by atoms with Crippen LogP contribution in [-0.4, -0.2) is 17.1 Å². The third-order valence-corrected chi connectivity index (χ3v) is 3.24. The van der Waals surface area contributed by atoms with E-state index >= 15 is 0 Å². The van der Waals surface area contributed by atoms with E-state index in [4.69, 9.17) is 23.2 Å². The molecule has 6 heteroatoms. The van der Waals surface area contributed by atoms with E-state index in [2.05, 4.69) is 15.5 Å². The Morgan fingerprint density at radius 3 is 2.70 bits per heavy atom. The molecule has 1 aromatic heterocycles. The molecule has 0 aliphatic rings. The number of hydrogen-bond donors (Lipinski definition) is 1. The summed E-state index contributed by atoms with van der Waals surface area (Å²) in [7, 11) is 0. The van der Waals surface area contributed by atoms with Crippen LogP contribution in [0, 0.1) is 6.92 Å². The lowest BCUT2D eigenvalue weighted by atomic mass is 10.2. The van der Waals surface area contributed by atoms with Crippen molar-refractivity contribution in [3.63, 3.8) is 0 Å². The van der Waals surface area contributed by atoms with Gasteiger partial charge in [-0.2, -0.15) is 5.10 Å². The summed E-state index contributed by atoms with van der Waals surface area (Å²) >= 11 is 11.7. The summed E-state index contributed by atoms with van der Waals surface area (Å²) in [6.45, 7) is 1.85. The predicted octanol–water partition coefficient (Wildman–Crippen LogP) is 3.46. The van der Waals surface area contributed by atoms with Crippen LogP contribution >= 0.6 is 23.2 Å². The summed E-state index contributed by atoms with van der Waals surface area (Å²) in [5, 5.41) is 4.76. The van der Waals surface area contributed by atoms with Crippen molar-refractivity contribution in [2.24, 2.45) is 5.10 Å². The van der Waals surface area contributed by atoms with Gasteiger partial charge in [-0.05, 0) is 36.8 Å². The number of carbonyl (C=O) groups is 1. The quantitative estimate of drug-likeness (QED) is 0.697. The molecule has 0 aliphatic carbocycles. The van der Waals surface area contributed by atoms with Gasteiger partial charge in [0.1, 0.15) is 0 Å². The molecule has 20 heavy (non-hydrogen) atoms. The standard InChI is InChI=1S/C14H11Cl2N3O/c1-9-2-4-11(8-17-9)14(20)19-18-7-10-3-5-12(15)13(16)6-10/h2-8H,1H3,(H,19,20). The maximum atomic E-state index is 11.8. The largest absolute Gasteiger partial charge is 0.272 e. The van der Waals surface area contributed by atoms with Gasteiger partial charge in [-0.3, -0.25) is 9.78 Å². The van der Waals surface area contributed by atoms with E-state index in [0.717, 1.165) is 11.3 Å². The predicted molar refractivity (Wildman–Crippen MR) is 80.5 cm³/mol. The van der Waals surface area contributed by atoms with Crippen LogP contribution in [0.5, 0.6) is 0 Å². The molecule has 0 unspecified atom stereocenters. The average Bonchev–Trinajstić information content (AvgIpc) is 2.43. The van der Waals surface area contributed by atoms with Crippen LogP contribution in [0.15, 0.2) is 41.6 Å². The highest BCUT2D eigenvalue weighted by atomic mass is 35.5. The van der Waals surface area contributed by atoms with Crippen LogP contribution in [0.1, 0.15) is 21.6 Å². The van der Waals surface area contributed by atoms with E-state index in [9.17, 15) is 4.79 Å². The first-order valence-corrected chi connectivity index (χ1v) is 6.53. The van der Waals surface area contributed by atoms with Gasteiger partial charge in [-0.25, -0.2) is 5.43 Å². The van der Waals surface area contributed by atoms with Gasteiger partial charge < -0.3 is 0 Å². The molecule has 0 radical (unpaired) electrons. The van der Waals surface area contributed by atoms with Gasteiger partial charge in [0, 0.05) is 11.9 Å². The summed E-state index contributed by atoms with van der Waals surface area (Å²) in [6, 6.07) is 8.52. The Morgan fingerprint density at radius 2 is 2.05 bits per heavy atom. The molecule has 102 valence electrons. The van der Waals surface area contributed by atoms with E-state index in [1.807, 2.05) is 6.92 Å². The number of halogens is 2. The van der Waals surface area contributed by atoms with Gasteiger partial charge in [-0.1, -0.05) is 29.3 Å². The average molecular weight is 308 g/mol. The van der Waals surface area contributed by atoms with Crippen LogP contribution in [-0.2, 0) is 0 Å². The fraction of sp³-hybridized carbons (Fsp3) is 0.0714. The van der Waals surface area contributed by atoms with Crippen molar-refractivity contribution in [3.05, 3.63) is 63.4 Å². The summed E-state index contributed by atoms with van der Waals surface area (Å²) in [4.78, 5) is 15.8. The molecule has 0 spiro atoms. The highest BCUT2D eigenvalue weighted by Crippen LogP contribution is 2.21. The molecule has 1 aromatic carbocycles. The van der Waals surface area contributed by atoms with Crippen molar-refractivity contribution < 1.29 is 4.79 Å². The second-order valence-electron chi connectivity index (χ2n) is 4.06. The number of carbonyl (C=O) groups excluding carboxylic acids is 1. The smallest absolute Gasteiger partial charge is 0.267 e. The zero-order valence-electron chi connectivity index (χ0n) is 10.6. The lowest BCUT2D eigenvalue weighted by Crippen LogP contribution is -2.17. The molecule has 4 nitrogen and oxygen atoms in total. The van der Waals surface area contributed by atoms with E-state index < -0.39 is 0 Å². The number of amides is 1. The topological polar surface area (TPSA) is 54.4 Å². The van der Waals surface area contributed by atoms with Crippen molar-refractivity contribution in [1.29, 1.82) is 0 Å².